The van der Waals surface area contributed by atoms with E-state index in [9.17, 15) is 9.59 Å². The standard InChI is InChI=1S/C14H23N3O2/c1-4-12(7-10-5-6-10)15-8-11-9-16(2)14(19)17(3)13(11)18/h9-10,12,15H,4-8H2,1-3H3. The van der Waals surface area contributed by atoms with Crippen molar-refractivity contribution >= 4 is 0 Å². The third kappa shape index (κ3) is 3.35. The van der Waals surface area contributed by atoms with Crippen LogP contribution >= 0.6 is 0 Å². The number of hydrogen-bond donors (Lipinski definition) is 1. The van der Waals surface area contributed by atoms with E-state index in [-0.39, 0.29) is 11.2 Å². The maximum Gasteiger partial charge on any atom is 0.330 e. The Balaban J connectivity index is 2.06. The summed E-state index contributed by atoms with van der Waals surface area (Å²) in [5, 5.41) is 3.44. The molecule has 19 heavy (non-hydrogen) atoms. The zero-order chi connectivity index (χ0) is 14.0. The molecule has 0 spiro atoms. The normalized spacial score (nSPS) is 16.6. The van der Waals surface area contributed by atoms with E-state index < -0.39 is 0 Å². The lowest BCUT2D eigenvalue weighted by atomic mass is 10.1. The van der Waals surface area contributed by atoms with Crippen molar-refractivity contribution < 1.29 is 0 Å². The molecule has 1 heterocycles. The fourth-order valence-electron chi connectivity index (χ4n) is 2.41. The number of hydrogen-bond acceptors (Lipinski definition) is 3. The van der Waals surface area contributed by atoms with Crippen molar-refractivity contribution in [3.8, 4) is 0 Å². The minimum atomic E-state index is -0.279. The van der Waals surface area contributed by atoms with E-state index >= 15 is 0 Å². The molecule has 1 saturated carbocycles. The smallest absolute Gasteiger partial charge is 0.310 e. The third-order valence-corrected chi connectivity index (χ3v) is 3.91. The van der Waals surface area contributed by atoms with E-state index in [1.807, 2.05) is 0 Å². The first-order chi connectivity index (χ1) is 9.02. The number of rotatable bonds is 6. The second-order valence-electron chi connectivity index (χ2n) is 5.58. The molecule has 0 amide bonds. The van der Waals surface area contributed by atoms with Gasteiger partial charge in [0.2, 0.25) is 0 Å². The van der Waals surface area contributed by atoms with Crippen LogP contribution in [-0.2, 0) is 20.6 Å². The van der Waals surface area contributed by atoms with Crippen LogP contribution in [0.3, 0.4) is 0 Å². The summed E-state index contributed by atoms with van der Waals surface area (Å²) in [7, 11) is 3.20. The van der Waals surface area contributed by atoms with Crippen LogP contribution in [0.4, 0.5) is 0 Å². The van der Waals surface area contributed by atoms with Crippen LogP contribution in [-0.4, -0.2) is 15.2 Å². The molecule has 1 aliphatic carbocycles. The molecule has 5 nitrogen and oxygen atoms in total. The molecule has 0 aromatic carbocycles. The van der Waals surface area contributed by atoms with Crippen LogP contribution in [0.25, 0.3) is 0 Å². The molecule has 1 aromatic heterocycles. The van der Waals surface area contributed by atoms with Crippen LogP contribution in [0, 0.1) is 5.92 Å². The first-order valence-electron chi connectivity index (χ1n) is 7.01. The SMILES string of the molecule is CCC(CC1CC1)NCc1cn(C)c(=O)n(C)c1=O. The Labute approximate surface area is 113 Å². The van der Waals surface area contributed by atoms with Gasteiger partial charge in [0.25, 0.3) is 5.56 Å². The zero-order valence-electron chi connectivity index (χ0n) is 12.0. The van der Waals surface area contributed by atoms with Gasteiger partial charge in [-0.3, -0.25) is 9.36 Å². The van der Waals surface area contributed by atoms with Gasteiger partial charge in [0.05, 0.1) is 0 Å². The average Bonchev–Trinajstić information content (AvgIpc) is 3.21. The van der Waals surface area contributed by atoms with Crippen LogP contribution in [0.1, 0.15) is 38.2 Å². The first kappa shape index (κ1) is 14.1. The molecule has 0 aliphatic heterocycles. The molecule has 0 bridgehead atoms. The highest BCUT2D eigenvalue weighted by atomic mass is 16.2. The molecule has 1 fully saturated rings. The molecule has 1 unspecified atom stereocenters. The Morgan fingerprint density at radius 3 is 2.63 bits per heavy atom. The van der Waals surface area contributed by atoms with Gasteiger partial charge < -0.3 is 9.88 Å². The lowest BCUT2D eigenvalue weighted by Crippen LogP contribution is -2.40. The summed E-state index contributed by atoms with van der Waals surface area (Å²) in [6, 6.07) is 0.467. The maximum atomic E-state index is 12.0. The predicted octanol–water partition coefficient (Wildman–Crippen LogP) is 0.752. The molecule has 106 valence electrons. The molecule has 1 N–H and O–H groups in total. The summed E-state index contributed by atoms with van der Waals surface area (Å²) < 4.78 is 2.62. The molecule has 1 aliphatic rings. The minimum Gasteiger partial charge on any atom is -0.310 e. The van der Waals surface area contributed by atoms with Gasteiger partial charge in [0.15, 0.2) is 0 Å². The Hall–Kier alpha value is -1.36. The van der Waals surface area contributed by atoms with Gasteiger partial charge >= 0.3 is 5.69 Å². The van der Waals surface area contributed by atoms with Crippen molar-refractivity contribution in [1.29, 1.82) is 0 Å². The van der Waals surface area contributed by atoms with E-state index in [0.717, 1.165) is 12.3 Å². The van der Waals surface area contributed by atoms with E-state index in [4.69, 9.17) is 0 Å². The van der Waals surface area contributed by atoms with E-state index in [1.165, 1.54) is 35.4 Å². The number of nitrogens with zero attached hydrogens (tertiary/aromatic N) is 2. The Morgan fingerprint density at radius 1 is 1.37 bits per heavy atom. The maximum absolute atomic E-state index is 12.0. The molecule has 0 radical (unpaired) electrons. The Morgan fingerprint density at radius 2 is 2.05 bits per heavy atom. The van der Waals surface area contributed by atoms with Crippen molar-refractivity contribution in [2.75, 3.05) is 0 Å². The van der Waals surface area contributed by atoms with Gasteiger partial charge in [0.1, 0.15) is 0 Å². The summed E-state index contributed by atoms with van der Waals surface area (Å²) in [5.41, 5.74) is 0.175. The number of aryl methyl sites for hydroxylation is 1. The molecular formula is C14H23N3O2. The van der Waals surface area contributed by atoms with Crippen molar-refractivity contribution in [3.05, 3.63) is 32.6 Å². The van der Waals surface area contributed by atoms with Crippen molar-refractivity contribution in [1.82, 2.24) is 14.5 Å². The van der Waals surface area contributed by atoms with Gasteiger partial charge in [-0.1, -0.05) is 19.8 Å². The highest BCUT2D eigenvalue weighted by Gasteiger charge is 2.24. The van der Waals surface area contributed by atoms with Gasteiger partial charge in [0, 0.05) is 38.4 Å². The first-order valence-corrected chi connectivity index (χ1v) is 7.01. The van der Waals surface area contributed by atoms with Gasteiger partial charge in [-0.15, -0.1) is 0 Å². The van der Waals surface area contributed by atoms with E-state index in [2.05, 4.69) is 12.2 Å². The summed E-state index contributed by atoms with van der Waals surface area (Å²) in [6.07, 6.45) is 6.60. The molecule has 1 aromatic rings. The fourth-order valence-corrected chi connectivity index (χ4v) is 2.41. The fraction of sp³-hybridized carbons (Fsp3) is 0.714. The molecular weight excluding hydrogens is 242 g/mol. The highest BCUT2D eigenvalue weighted by Crippen LogP contribution is 2.34. The summed E-state index contributed by atoms with van der Waals surface area (Å²) in [6.45, 7) is 2.70. The lowest BCUT2D eigenvalue weighted by molar-refractivity contribution is 0.441. The minimum absolute atomic E-state index is 0.197. The second kappa shape index (κ2) is 5.74. The summed E-state index contributed by atoms with van der Waals surface area (Å²) >= 11 is 0. The van der Waals surface area contributed by atoms with Gasteiger partial charge in [-0.25, -0.2) is 4.79 Å². The molecule has 0 saturated heterocycles. The molecule has 1 atom stereocenters. The summed E-state index contributed by atoms with van der Waals surface area (Å²) in [5.74, 6) is 0.875. The Bertz CT molecular complexity index is 555. The van der Waals surface area contributed by atoms with E-state index in [1.54, 1.807) is 13.2 Å². The van der Waals surface area contributed by atoms with Crippen molar-refractivity contribution in [2.45, 2.75) is 45.2 Å². The van der Waals surface area contributed by atoms with E-state index in [0.29, 0.717) is 18.2 Å². The second-order valence-corrected chi connectivity index (χ2v) is 5.58. The largest absolute Gasteiger partial charge is 0.330 e. The zero-order valence-corrected chi connectivity index (χ0v) is 12.0. The van der Waals surface area contributed by atoms with Crippen molar-refractivity contribution in [3.63, 3.8) is 0 Å². The summed E-state index contributed by atoms with van der Waals surface area (Å²) in [4.78, 5) is 23.6. The van der Waals surface area contributed by atoms with Gasteiger partial charge in [-0.2, -0.15) is 0 Å². The van der Waals surface area contributed by atoms with Crippen LogP contribution in [0.2, 0.25) is 0 Å². The number of aromatic nitrogens is 2. The quantitative estimate of drug-likeness (QED) is 0.826. The van der Waals surface area contributed by atoms with Crippen LogP contribution in [0.5, 0.6) is 0 Å². The number of nitrogens with one attached hydrogen (secondary N) is 1. The lowest BCUT2D eigenvalue weighted by Gasteiger charge is -2.16. The average molecular weight is 265 g/mol. The highest BCUT2D eigenvalue weighted by molar-refractivity contribution is 5.05. The van der Waals surface area contributed by atoms with Crippen LogP contribution < -0.4 is 16.6 Å². The molecule has 2 rings (SSSR count). The van der Waals surface area contributed by atoms with Gasteiger partial charge in [-0.05, 0) is 18.8 Å². The Kier molecular flexibility index (Phi) is 4.24. The molecule has 5 heteroatoms. The van der Waals surface area contributed by atoms with Crippen LogP contribution in [0.15, 0.2) is 15.8 Å². The predicted molar refractivity (Wildman–Crippen MR) is 75.2 cm³/mol. The third-order valence-electron chi connectivity index (χ3n) is 3.91. The topological polar surface area (TPSA) is 56.0 Å². The monoisotopic (exact) mass is 265 g/mol. The van der Waals surface area contributed by atoms with Crippen molar-refractivity contribution in [2.24, 2.45) is 20.0 Å².